The third-order valence-electron chi connectivity index (χ3n) is 5.16. The zero-order chi connectivity index (χ0) is 15.5. The summed E-state index contributed by atoms with van der Waals surface area (Å²) in [7, 11) is 0. The van der Waals surface area contributed by atoms with Gasteiger partial charge in [0.05, 0.1) is 0 Å². The standard InChI is InChI=1S/C18H39N3/c1-5-19-18-13-10-9-12-17(18)16-21(8-4)15-11-14-20(6-2)7-3/h17-19H,5-16H2,1-4H3. The minimum absolute atomic E-state index is 0.764. The molecule has 3 nitrogen and oxygen atoms in total. The van der Waals surface area contributed by atoms with Crippen molar-refractivity contribution in [2.75, 3.05) is 45.8 Å². The highest BCUT2D eigenvalue weighted by Gasteiger charge is 2.25. The van der Waals surface area contributed by atoms with Gasteiger partial charge in [0, 0.05) is 12.6 Å². The molecule has 0 heterocycles. The lowest BCUT2D eigenvalue weighted by molar-refractivity contribution is 0.166. The van der Waals surface area contributed by atoms with Crippen molar-refractivity contribution in [1.29, 1.82) is 0 Å². The number of hydrogen-bond donors (Lipinski definition) is 1. The average Bonchev–Trinajstić information content (AvgIpc) is 2.52. The molecule has 2 atom stereocenters. The molecule has 0 aromatic carbocycles. The molecule has 21 heavy (non-hydrogen) atoms. The molecule has 0 spiro atoms. The van der Waals surface area contributed by atoms with Gasteiger partial charge in [-0.3, -0.25) is 0 Å². The van der Waals surface area contributed by atoms with Crippen LogP contribution in [0.5, 0.6) is 0 Å². The summed E-state index contributed by atoms with van der Waals surface area (Å²) in [4.78, 5) is 5.22. The van der Waals surface area contributed by atoms with Crippen LogP contribution in [-0.4, -0.2) is 61.7 Å². The van der Waals surface area contributed by atoms with E-state index in [2.05, 4.69) is 42.8 Å². The lowest BCUT2D eigenvalue weighted by Gasteiger charge is -2.36. The molecule has 0 saturated heterocycles. The number of rotatable bonds is 11. The number of hydrogen-bond acceptors (Lipinski definition) is 3. The molecular weight excluding hydrogens is 258 g/mol. The average molecular weight is 298 g/mol. The van der Waals surface area contributed by atoms with Crippen molar-refractivity contribution in [2.45, 2.75) is 65.8 Å². The van der Waals surface area contributed by atoms with Crippen LogP contribution in [0, 0.1) is 5.92 Å². The van der Waals surface area contributed by atoms with Crippen LogP contribution in [0.2, 0.25) is 0 Å². The Kier molecular flexibility index (Phi) is 10.3. The molecule has 0 bridgehead atoms. The SMILES string of the molecule is CCNC1CCCCC1CN(CC)CCCN(CC)CC. The van der Waals surface area contributed by atoms with Crippen LogP contribution >= 0.6 is 0 Å². The van der Waals surface area contributed by atoms with Gasteiger partial charge in [-0.05, 0) is 64.4 Å². The minimum atomic E-state index is 0.764. The molecule has 0 aromatic rings. The van der Waals surface area contributed by atoms with Crippen LogP contribution in [0.15, 0.2) is 0 Å². The molecule has 0 aromatic heterocycles. The molecular formula is C18H39N3. The maximum absolute atomic E-state index is 3.72. The Morgan fingerprint density at radius 3 is 2.10 bits per heavy atom. The first-order chi connectivity index (χ1) is 10.2. The van der Waals surface area contributed by atoms with Crippen LogP contribution < -0.4 is 5.32 Å². The second kappa shape index (κ2) is 11.4. The smallest absolute Gasteiger partial charge is 0.0107 e. The van der Waals surface area contributed by atoms with Crippen LogP contribution in [-0.2, 0) is 0 Å². The van der Waals surface area contributed by atoms with Crippen molar-refractivity contribution in [1.82, 2.24) is 15.1 Å². The van der Waals surface area contributed by atoms with Gasteiger partial charge in [0.15, 0.2) is 0 Å². The van der Waals surface area contributed by atoms with E-state index in [1.165, 1.54) is 71.4 Å². The van der Waals surface area contributed by atoms with Gasteiger partial charge in [0.25, 0.3) is 0 Å². The van der Waals surface area contributed by atoms with Gasteiger partial charge in [0.1, 0.15) is 0 Å². The molecule has 1 aliphatic rings. The van der Waals surface area contributed by atoms with Gasteiger partial charge in [-0.2, -0.15) is 0 Å². The van der Waals surface area contributed by atoms with Crippen LogP contribution in [0.1, 0.15) is 59.8 Å². The fourth-order valence-corrected chi connectivity index (χ4v) is 3.73. The maximum Gasteiger partial charge on any atom is 0.0107 e. The largest absolute Gasteiger partial charge is 0.314 e. The van der Waals surface area contributed by atoms with Gasteiger partial charge in [0.2, 0.25) is 0 Å². The van der Waals surface area contributed by atoms with E-state index in [0.717, 1.165) is 18.5 Å². The van der Waals surface area contributed by atoms with Gasteiger partial charge >= 0.3 is 0 Å². The van der Waals surface area contributed by atoms with Crippen molar-refractivity contribution < 1.29 is 0 Å². The lowest BCUT2D eigenvalue weighted by atomic mass is 9.84. The molecule has 126 valence electrons. The van der Waals surface area contributed by atoms with E-state index in [4.69, 9.17) is 0 Å². The zero-order valence-electron chi connectivity index (χ0n) is 15.0. The molecule has 0 aliphatic heterocycles. The van der Waals surface area contributed by atoms with E-state index in [0.29, 0.717) is 0 Å². The summed E-state index contributed by atoms with van der Waals surface area (Å²) in [5.74, 6) is 0.868. The summed E-state index contributed by atoms with van der Waals surface area (Å²) in [6.07, 6.45) is 6.97. The van der Waals surface area contributed by atoms with Crippen molar-refractivity contribution >= 4 is 0 Å². The van der Waals surface area contributed by atoms with E-state index in [1.807, 2.05) is 0 Å². The zero-order valence-corrected chi connectivity index (χ0v) is 15.0. The fourth-order valence-electron chi connectivity index (χ4n) is 3.73. The molecule has 1 aliphatic carbocycles. The molecule has 0 radical (unpaired) electrons. The molecule has 0 amide bonds. The lowest BCUT2D eigenvalue weighted by Crippen LogP contribution is -2.44. The Morgan fingerprint density at radius 2 is 1.48 bits per heavy atom. The number of nitrogens with one attached hydrogen (secondary N) is 1. The second-order valence-corrected chi connectivity index (χ2v) is 6.48. The monoisotopic (exact) mass is 297 g/mol. The summed E-state index contributed by atoms with van der Waals surface area (Å²) < 4.78 is 0. The van der Waals surface area contributed by atoms with Crippen molar-refractivity contribution in [2.24, 2.45) is 5.92 Å². The third kappa shape index (κ3) is 7.12. The third-order valence-corrected chi connectivity index (χ3v) is 5.16. The van der Waals surface area contributed by atoms with E-state index >= 15 is 0 Å². The van der Waals surface area contributed by atoms with E-state index < -0.39 is 0 Å². The highest BCUT2D eigenvalue weighted by molar-refractivity contribution is 4.82. The Bertz CT molecular complexity index is 239. The molecule has 3 heteroatoms. The van der Waals surface area contributed by atoms with Crippen LogP contribution in [0.25, 0.3) is 0 Å². The molecule has 1 saturated carbocycles. The van der Waals surface area contributed by atoms with Crippen molar-refractivity contribution in [3.63, 3.8) is 0 Å². The Labute approximate surface area is 133 Å². The van der Waals surface area contributed by atoms with Crippen molar-refractivity contribution in [3.8, 4) is 0 Å². The van der Waals surface area contributed by atoms with Gasteiger partial charge in [-0.1, -0.05) is 40.5 Å². The summed E-state index contributed by atoms with van der Waals surface area (Å²) in [6.45, 7) is 17.6. The predicted molar refractivity (Wildman–Crippen MR) is 93.9 cm³/mol. The first-order valence-electron chi connectivity index (χ1n) is 9.43. The topological polar surface area (TPSA) is 18.5 Å². The summed E-state index contributed by atoms with van der Waals surface area (Å²) in [5, 5.41) is 3.72. The summed E-state index contributed by atoms with van der Waals surface area (Å²) in [5.41, 5.74) is 0. The quantitative estimate of drug-likeness (QED) is 0.632. The highest BCUT2D eigenvalue weighted by Crippen LogP contribution is 2.25. The normalized spacial score (nSPS) is 23.1. The maximum atomic E-state index is 3.72. The first kappa shape index (κ1) is 18.9. The van der Waals surface area contributed by atoms with Gasteiger partial charge < -0.3 is 15.1 Å². The molecule has 1 rings (SSSR count). The second-order valence-electron chi connectivity index (χ2n) is 6.48. The Hall–Kier alpha value is -0.120. The summed E-state index contributed by atoms with van der Waals surface area (Å²) in [6, 6.07) is 0.764. The minimum Gasteiger partial charge on any atom is -0.314 e. The van der Waals surface area contributed by atoms with E-state index in [1.54, 1.807) is 0 Å². The van der Waals surface area contributed by atoms with Gasteiger partial charge in [-0.15, -0.1) is 0 Å². The highest BCUT2D eigenvalue weighted by atomic mass is 15.1. The molecule has 2 unspecified atom stereocenters. The van der Waals surface area contributed by atoms with Crippen LogP contribution in [0.3, 0.4) is 0 Å². The number of nitrogens with zero attached hydrogens (tertiary/aromatic N) is 2. The molecule has 1 fully saturated rings. The van der Waals surface area contributed by atoms with E-state index in [-0.39, 0.29) is 0 Å². The first-order valence-corrected chi connectivity index (χ1v) is 9.43. The summed E-state index contributed by atoms with van der Waals surface area (Å²) >= 11 is 0. The Morgan fingerprint density at radius 1 is 0.857 bits per heavy atom. The van der Waals surface area contributed by atoms with Crippen molar-refractivity contribution in [3.05, 3.63) is 0 Å². The van der Waals surface area contributed by atoms with Gasteiger partial charge in [-0.25, -0.2) is 0 Å². The van der Waals surface area contributed by atoms with E-state index in [9.17, 15) is 0 Å². The predicted octanol–water partition coefficient (Wildman–Crippen LogP) is 3.21. The molecule has 1 N–H and O–H groups in total. The Balaban J connectivity index is 2.33. The van der Waals surface area contributed by atoms with Crippen LogP contribution in [0.4, 0.5) is 0 Å². The fraction of sp³-hybridized carbons (Fsp3) is 1.00.